The molecule has 1 amide bonds. The molecule has 9 heteroatoms. The zero-order chi connectivity index (χ0) is 25.4. The summed E-state index contributed by atoms with van der Waals surface area (Å²) in [5.41, 5.74) is 13.8. The van der Waals surface area contributed by atoms with E-state index in [4.69, 9.17) is 10.5 Å². The summed E-state index contributed by atoms with van der Waals surface area (Å²) < 4.78 is 7.08. The van der Waals surface area contributed by atoms with Crippen molar-refractivity contribution in [1.82, 2.24) is 24.5 Å². The van der Waals surface area contributed by atoms with Crippen LogP contribution in [0.15, 0.2) is 12.5 Å². The van der Waals surface area contributed by atoms with Crippen LogP contribution < -0.4 is 5.73 Å². The second kappa shape index (κ2) is 8.39. The molecule has 190 valence electrons. The first-order chi connectivity index (χ1) is 17.2. The number of carbonyl (C=O) groups excluding carboxylic acids is 1. The molecule has 0 bridgehead atoms. The molecule has 2 saturated heterocycles. The number of rotatable bonds is 4. The molecule has 0 atom stereocenters. The SMILES string of the molecule is Cc1c(-c2[nH]c3sc(C4CCN(C(=O)C5(N)COC5)CC4)c(C)c3c2C(C)C)cn2ncnc2c1C. The average Bonchev–Trinajstić information content (AvgIpc) is 3.54. The first-order valence-electron chi connectivity index (χ1n) is 12.8. The minimum atomic E-state index is -0.810. The third-order valence-electron chi connectivity index (χ3n) is 8.23. The van der Waals surface area contributed by atoms with E-state index in [9.17, 15) is 4.79 Å². The summed E-state index contributed by atoms with van der Waals surface area (Å²) in [5.74, 6) is 0.875. The van der Waals surface area contributed by atoms with E-state index in [0.29, 0.717) is 25.0 Å². The van der Waals surface area contributed by atoms with Crippen molar-refractivity contribution in [3.63, 3.8) is 0 Å². The number of hydrogen-bond donors (Lipinski definition) is 2. The van der Waals surface area contributed by atoms with Gasteiger partial charge in [-0.15, -0.1) is 11.3 Å². The van der Waals surface area contributed by atoms with Crippen molar-refractivity contribution >= 4 is 33.1 Å². The molecule has 4 aromatic rings. The van der Waals surface area contributed by atoms with Crippen molar-refractivity contribution in [3.05, 3.63) is 39.7 Å². The lowest BCUT2D eigenvalue weighted by molar-refractivity contribution is -0.155. The van der Waals surface area contributed by atoms with E-state index in [-0.39, 0.29) is 5.91 Å². The smallest absolute Gasteiger partial charge is 0.247 e. The highest BCUT2D eigenvalue weighted by atomic mass is 32.1. The molecule has 2 aliphatic heterocycles. The zero-order valence-electron chi connectivity index (χ0n) is 21.6. The van der Waals surface area contributed by atoms with Crippen molar-refractivity contribution in [1.29, 1.82) is 0 Å². The molecule has 8 nitrogen and oxygen atoms in total. The van der Waals surface area contributed by atoms with E-state index in [1.807, 2.05) is 20.8 Å². The van der Waals surface area contributed by atoms with E-state index in [1.54, 1.807) is 6.33 Å². The predicted octanol–water partition coefficient (Wildman–Crippen LogP) is 4.42. The third-order valence-corrected chi connectivity index (χ3v) is 9.60. The Morgan fingerprint density at radius 3 is 2.56 bits per heavy atom. The van der Waals surface area contributed by atoms with Crippen LogP contribution in [0.5, 0.6) is 0 Å². The molecule has 2 fully saturated rings. The fraction of sp³-hybridized carbons (Fsp3) is 0.519. The van der Waals surface area contributed by atoms with Gasteiger partial charge in [0.05, 0.1) is 18.9 Å². The molecule has 6 rings (SSSR count). The predicted molar refractivity (Wildman–Crippen MR) is 143 cm³/mol. The summed E-state index contributed by atoms with van der Waals surface area (Å²) in [7, 11) is 0. The number of aryl methyl sites for hydroxylation is 2. The fourth-order valence-corrected chi connectivity index (χ4v) is 7.38. The number of nitrogens with two attached hydrogens (primary N) is 1. The highest BCUT2D eigenvalue weighted by molar-refractivity contribution is 7.19. The number of piperidine rings is 1. The molecule has 0 spiro atoms. The van der Waals surface area contributed by atoms with Crippen LogP contribution in [0.4, 0.5) is 0 Å². The molecule has 4 aromatic heterocycles. The number of carbonyl (C=O) groups is 1. The largest absolute Gasteiger partial charge is 0.376 e. The van der Waals surface area contributed by atoms with Crippen LogP contribution in [0.1, 0.15) is 65.7 Å². The molecular formula is C27H34N6O2S. The standard InChI is InChI=1S/C27H34N6O2S/c1-14(2)20-21-17(5)23(18-6-8-32(9-7-18)26(34)27(28)11-35-12-27)36-25(21)31-22(20)19-10-33-24(29-13-30-33)16(4)15(19)3/h10,13-14,18,31H,6-9,11-12,28H2,1-5H3. The number of ether oxygens (including phenoxy) is 1. The van der Waals surface area contributed by atoms with Gasteiger partial charge < -0.3 is 20.4 Å². The van der Waals surface area contributed by atoms with Crippen molar-refractivity contribution < 1.29 is 9.53 Å². The van der Waals surface area contributed by atoms with Gasteiger partial charge >= 0.3 is 0 Å². The van der Waals surface area contributed by atoms with Crippen molar-refractivity contribution in [2.45, 2.75) is 64.8 Å². The van der Waals surface area contributed by atoms with Gasteiger partial charge in [0.2, 0.25) is 5.91 Å². The van der Waals surface area contributed by atoms with Crippen LogP contribution in [0.3, 0.4) is 0 Å². The lowest BCUT2D eigenvalue weighted by Gasteiger charge is -2.42. The van der Waals surface area contributed by atoms with E-state index < -0.39 is 5.54 Å². The van der Waals surface area contributed by atoms with Gasteiger partial charge in [-0.2, -0.15) is 5.10 Å². The molecule has 0 radical (unpaired) electrons. The maximum atomic E-state index is 12.8. The quantitative estimate of drug-likeness (QED) is 0.427. The molecule has 0 aliphatic carbocycles. The Morgan fingerprint density at radius 1 is 1.19 bits per heavy atom. The minimum Gasteiger partial charge on any atom is -0.376 e. The summed E-state index contributed by atoms with van der Waals surface area (Å²) in [4.78, 5) is 25.7. The Kier molecular flexibility index (Phi) is 5.51. The van der Waals surface area contributed by atoms with Crippen LogP contribution in [0.25, 0.3) is 27.1 Å². The van der Waals surface area contributed by atoms with Gasteiger partial charge in [-0.05, 0) is 67.7 Å². The fourth-order valence-electron chi connectivity index (χ4n) is 5.99. The van der Waals surface area contributed by atoms with Gasteiger partial charge in [-0.3, -0.25) is 4.79 Å². The number of hydrogen-bond acceptors (Lipinski definition) is 6. The van der Waals surface area contributed by atoms with Crippen molar-refractivity contribution in [2.75, 3.05) is 26.3 Å². The number of pyridine rings is 1. The Bertz CT molecular complexity index is 1480. The first-order valence-corrected chi connectivity index (χ1v) is 13.6. The van der Waals surface area contributed by atoms with Gasteiger partial charge in [-0.1, -0.05) is 13.8 Å². The number of nitrogens with zero attached hydrogens (tertiary/aromatic N) is 4. The highest BCUT2D eigenvalue weighted by Gasteiger charge is 2.45. The number of H-pyrrole nitrogens is 1. The molecule has 0 unspecified atom stereocenters. The summed E-state index contributed by atoms with van der Waals surface area (Å²) in [5, 5.41) is 5.77. The number of aromatic nitrogens is 4. The number of nitrogens with one attached hydrogen (secondary N) is 1. The second-order valence-electron chi connectivity index (χ2n) is 10.9. The highest BCUT2D eigenvalue weighted by Crippen LogP contribution is 2.46. The average molecular weight is 507 g/mol. The van der Waals surface area contributed by atoms with Crippen molar-refractivity contribution in [3.8, 4) is 11.3 Å². The summed E-state index contributed by atoms with van der Waals surface area (Å²) in [6, 6.07) is 0. The second-order valence-corrected chi connectivity index (χ2v) is 12.0. The van der Waals surface area contributed by atoms with Gasteiger partial charge in [0.25, 0.3) is 0 Å². The summed E-state index contributed by atoms with van der Waals surface area (Å²) in [6.45, 7) is 13.3. The third kappa shape index (κ3) is 3.43. The van der Waals surface area contributed by atoms with Crippen LogP contribution in [0.2, 0.25) is 0 Å². The van der Waals surface area contributed by atoms with Gasteiger partial charge in [0, 0.05) is 35.1 Å². The Balaban J connectivity index is 1.34. The molecule has 36 heavy (non-hydrogen) atoms. The van der Waals surface area contributed by atoms with Gasteiger partial charge in [0.1, 0.15) is 16.7 Å². The van der Waals surface area contributed by atoms with Gasteiger partial charge in [0.15, 0.2) is 5.65 Å². The van der Waals surface area contributed by atoms with Crippen molar-refractivity contribution in [2.24, 2.45) is 5.73 Å². The topological polar surface area (TPSA) is 102 Å². The van der Waals surface area contributed by atoms with Crippen LogP contribution in [-0.2, 0) is 9.53 Å². The minimum absolute atomic E-state index is 0.0453. The van der Waals surface area contributed by atoms with E-state index >= 15 is 0 Å². The lowest BCUT2D eigenvalue weighted by Crippen LogP contribution is -2.67. The van der Waals surface area contributed by atoms with E-state index in [2.05, 4.69) is 55.9 Å². The number of likely N-dealkylation sites (tertiary alicyclic amines) is 1. The van der Waals surface area contributed by atoms with E-state index in [0.717, 1.165) is 37.1 Å². The molecule has 0 aromatic carbocycles. The number of amides is 1. The Labute approximate surface area is 214 Å². The first kappa shape index (κ1) is 23.6. The summed E-state index contributed by atoms with van der Waals surface area (Å²) >= 11 is 1.89. The monoisotopic (exact) mass is 506 g/mol. The van der Waals surface area contributed by atoms with E-state index in [1.165, 1.54) is 43.0 Å². The maximum Gasteiger partial charge on any atom is 0.247 e. The van der Waals surface area contributed by atoms with Crippen LogP contribution in [-0.4, -0.2) is 62.2 Å². The van der Waals surface area contributed by atoms with Gasteiger partial charge in [-0.25, -0.2) is 9.50 Å². The Morgan fingerprint density at radius 2 is 1.92 bits per heavy atom. The number of thiophene rings is 1. The zero-order valence-corrected chi connectivity index (χ0v) is 22.5. The lowest BCUT2D eigenvalue weighted by atomic mass is 9.89. The molecular weight excluding hydrogens is 472 g/mol. The summed E-state index contributed by atoms with van der Waals surface area (Å²) in [6.07, 6.45) is 5.66. The van der Waals surface area contributed by atoms with Crippen LogP contribution in [0, 0.1) is 20.8 Å². The molecule has 0 saturated carbocycles. The molecule has 3 N–H and O–H groups in total. The molecule has 6 heterocycles. The number of fused-ring (bicyclic) bond motifs is 2. The van der Waals surface area contributed by atoms with Crippen LogP contribution >= 0.6 is 11.3 Å². The molecule has 2 aliphatic rings. The number of aromatic amines is 1. The maximum absolute atomic E-state index is 12.8. The Hall–Kier alpha value is -2.75. The normalized spacial score (nSPS) is 18.5.